The average molecular weight is 1930 g/mol. The third kappa shape index (κ3) is 18.6. The number of para-hydroxylation sites is 8. The summed E-state index contributed by atoms with van der Waals surface area (Å²) >= 11 is 0. The van der Waals surface area contributed by atoms with E-state index in [1.54, 1.807) is 0 Å². The maximum Gasteiger partial charge on any atom is 0.217 e. The number of allylic oxidation sites excluding steroid dienone is 16. The van der Waals surface area contributed by atoms with E-state index >= 15 is 0 Å². The Bertz CT molecular complexity index is 7130. The van der Waals surface area contributed by atoms with Crippen LogP contribution in [0.3, 0.4) is 0 Å². The van der Waals surface area contributed by atoms with Crippen LogP contribution in [0.4, 0.5) is 51.2 Å². The summed E-state index contributed by atoms with van der Waals surface area (Å²) in [4.78, 5) is 7.18. The van der Waals surface area contributed by atoms with E-state index in [0.717, 1.165) is 34.1 Å². The van der Waals surface area contributed by atoms with E-state index in [1.807, 2.05) is 111 Å². The zero-order valence-corrected chi connectivity index (χ0v) is 89.8. The fourth-order valence-corrected chi connectivity index (χ4v) is 26.2. The predicted octanol–water partition coefficient (Wildman–Crippen LogP) is 33.1. The second-order valence-electron chi connectivity index (χ2n) is 37.4. The first kappa shape index (κ1) is 104. The molecule has 9 aliphatic rings. The highest BCUT2D eigenvalue weighted by atomic mass is 15.2. The van der Waals surface area contributed by atoms with Gasteiger partial charge in [0.1, 0.15) is 0 Å². The first-order valence-corrected chi connectivity index (χ1v) is 55.4. The Kier molecular flexibility index (Phi) is 34.2. The number of nitrogens with zero attached hydrogens (tertiary/aromatic N) is 4. The van der Waals surface area contributed by atoms with Gasteiger partial charge in [0, 0.05) is 84.4 Å². The maximum atomic E-state index is 2.57. The van der Waals surface area contributed by atoms with Crippen LogP contribution in [-0.2, 0) is 10.8 Å². The van der Waals surface area contributed by atoms with Gasteiger partial charge in [-0.25, -0.2) is 0 Å². The molecule has 5 aliphatic heterocycles. The van der Waals surface area contributed by atoms with Crippen LogP contribution in [0.15, 0.2) is 510 Å². The van der Waals surface area contributed by atoms with Gasteiger partial charge in [0.2, 0.25) is 26.9 Å². The zero-order valence-electron chi connectivity index (χ0n) is 89.8. The average Bonchev–Trinajstić information content (AvgIpc) is 0.706. The molecule has 0 radical (unpaired) electrons. The molecule has 16 aromatic carbocycles. The van der Waals surface area contributed by atoms with Crippen molar-refractivity contribution in [1.29, 1.82) is 0 Å². The summed E-state index contributed by atoms with van der Waals surface area (Å²) in [5.74, 6) is 2.32. The third-order valence-corrected chi connectivity index (χ3v) is 31.3. The fraction of sp³-hybridized carbons (Fsp3) is 0.200. The Morgan fingerprint density at radius 2 is 0.432 bits per heavy atom. The lowest BCUT2D eigenvalue weighted by atomic mass is 9.19. The van der Waals surface area contributed by atoms with Crippen LogP contribution in [0.1, 0.15) is 157 Å². The molecular weight excluding hydrogens is 1780 g/mol. The molecule has 148 heavy (non-hydrogen) atoms. The predicted molar refractivity (Wildman–Crippen MR) is 652 cm³/mol. The quantitative estimate of drug-likeness (QED) is 0.113. The SMILES string of the molecule is C1=CC2B(c3ccc(N(c4ccccc4)c4ccccc4)cc3)c3ccccc3C3(c4ccccc4B(c4ccc(N(c5ccccc5)c5ccccc5)cc4)C4C=CC=CC43)C2C=C1.CC.CC.CC.CC.CC.CC.CC.CC.CC1c2ccccc2N(c2ccc(B3c4ccccc4C4(c5ccccc5B(c5ccc(-n6c7ccccc7c7ccccc76)cc5)C5C=CC=CC54)C4C=CC=CC34)cc2)c2ccccc21. The summed E-state index contributed by atoms with van der Waals surface area (Å²) in [5, 5.41) is 2.58. The van der Waals surface area contributed by atoms with Gasteiger partial charge >= 0.3 is 0 Å². The highest BCUT2D eigenvalue weighted by molar-refractivity contribution is 6.90. The van der Waals surface area contributed by atoms with Crippen molar-refractivity contribution in [2.24, 2.45) is 23.7 Å². The van der Waals surface area contributed by atoms with Crippen molar-refractivity contribution in [1.82, 2.24) is 4.57 Å². The number of rotatable bonds is 12. The maximum absolute atomic E-state index is 2.57. The lowest BCUT2D eigenvalue weighted by molar-refractivity contribution is 0.281. The topological polar surface area (TPSA) is 14.7 Å². The van der Waals surface area contributed by atoms with E-state index < -0.39 is 0 Å². The molecule has 2 spiro atoms. The minimum absolute atomic E-state index is 0.190. The van der Waals surface area contributed by atoms with E-state index in [9.17, 15) is 0 Å². The molecule has 4 aliphatic carbocycles. The van der Waals surface area contributed by atoms with Gasteiger partial charge in [-0.05, 0) is 202 Å². The van der Waals surface area contributed by atoms with Crippen LogP contribution < -0.4 is 58.4 Å². The molecule has 736 valence electrons. The van der Waals surface area contributed by atoms with Crippen LogP contribution in [0, 0.1) is 23.7 Å². The van der Waals surface area contributed by atoms with Crippen molar-refractivity contribution in [3.05, 3.63) is 543 Å². The molecule has 26 rings (SSSR count). The van der Waals surface area contributed by atoms with Crippen LogP contribution >= 0.6 is 0 Å². The molecule has 0 saturated heterocycles. The molecule has 0 bridgehead atoms. The van der Waals surface area contributed by atoms with Crippen molar-refractivity contribution in [3.8, 4) is 5.69 Å². The highest BCUT2D eigenvalue weighted by Gasteiger charge is 2.64. The molecule has 17 aromatic rings. The molecule has 4 nitrogen and oxygen atoms in total. The van der Waals surface area contributed by atoms with Crippen molar-refractivity contribution in [3.63, 3.8) is 0 Å². The molecule has 0 fully saturated rings. The molecule has 0 N–H and O–H groups in total. The van der Waals surface area contributed by atoms with E-state index in [4.69, 9.17) is 0 Å². The molecule has 0 amide bonds. The summed E-state index contributed by atoms with van der Waals surface area (Å²) in [6, 6.07) is 154. The molecule has 6 heterocycles. The molecular formula is C140H144B4N4. The largest absolute Gasteiger partial charge is 0.311 e. The summed E-state index contributed by atoms with van der Waals surface area (Å²) in [5.41, 5.74) is 33.5. The smallest absolute Gasteiger partial charge is 0.217 e. The zero-order chi connectivity index (χ0) is 103. The normalized spacial score (nSPS) is 19.5. The van der Waals surface area contributed by atoms with Gasteiger partial charge in [-0.2, -0.15) is 0 Å². The van der Waals surface area contributed by atoms with Crippen molar-refractivity contribution < 1.29 is 0 Å². The van der Waals surface area contributed by atoms with E-state index in [1.165, 1.54) is 122 Å². The first-order chi connectivity index (χ1) is 73.5. The number of anilines is 9. The monoisotopic (exact) mass is 1930 g/mol. The second-order valence-corrected chi connectivity index (χ2v) is 37.4. The Balaban J connectivity index is 0.000000178. The van der Waals surface area contributed by atoms with Crippen LogP contribution in [0.25, 0.3) is 27.5 Å². The van der Waals surface area contributed by atoms with Crippen LogP contribution in [0.5, 0.6) is 0 Å². The summed E-state index contributed by atoms with van der Waals surface area (Å²) in [6.07, 6.45) is 39.0. The molecule has 9 unspecified atom stereocenters. The minimum Gasteiger partial charge on any atom is -0.311 e. The summed E-state index contributed by atoms with van der Waals surface area (Å²) in [6.45, 7) is 35.1. The Hall–Kier alpha value is -15.1. The third-order valence-electron chi connectivity index (χ3n) is 31.3. The van der Waals surface area contributed by atoms with E-state index in [2.05, 4.69) is 536 Å². The Morgan fingerprint density at radius 1 is 0.209 bits per heavy atom. The number of hydrogen-bond acceptors (Lipinski definition) is 3. The van der Waals surface area contributed by atoms with Crippen LogP contribution in [-0.4, -0.2) is 31.4 Å². The number of aromatic nitrogens is 1. The molecule has 1 aromatic heterocycles. The minimum atomic E-state index is -0.285. The van der Waals surface area contributed by atoms with Gasteiger partial charge in [0.15, 0.2) is 0 Å². The number of hydrogen-bond donors (Lipinski definition) is 0. The fourth-order valence-electron chi connectivity index (χ4n) is 26.2. The van der Waals surface area contributed by atoms with Gasteiger partial charge in [-0.15, -0.1) is 0 Å². The highest BCUT2D eigenvalue weighted by Crippen LogP contribution is 2.63. The Labute approximate surface area is 886 Å². The van der Waals surface area contributed by atoms with Crippen molar-refractivity contribution in [2.75, 3.05) is 14.7 Å². The standard InChI is InChI=1S/C63H48B2N2.C61H48B2N2.8C2H6/c1-42-47-18-2-14-30-59(47)66(60-31-15-3-19-48(42)60)45-38-34-43(35-39-45)64-55-26-10-6-22-51(55)63(52-23-7-11-27-56(52)64)53-24-8-12-28-57(53)65(58-29-13-9-25-54(58)63)44-36-40-46(41-37-44)67-61-32-16-4-20-49(61)50-21-5-17-33-62(50)67;1-5-21-47(22-6-1)64(48-23-7-2-8-24-48)51-41-37-45(38-42-51)62-57-33-17-13-29-53(57)61(54-30-14-18-34-58(54)62)55-31-15-19-35-59(55)63(60-36-20-16-32-56(60)61)46-39-43-52(44-40-46)65(49-25-9-3-10-26-49)50-27-11-4-12-28-50;8*1-2/h2-42,51,53,55,57H,1H3;1-44,53,55,57,59H;8*1-2H3. The van der Waals surface area contributed by atoms with E-state index in [0.29, 0.717) is 5.92 Å². The van der Waals surface area contributed by atoms with Gasteiger partial charge in [0.05, 0.1) is 11.0 Å². The Morgan fingerprint density at radius 3 is 0.723 bits per heavy atom. The van der Waals surface area contributed by atoms with Gasteiger partial charge in [-0.3, -0.25) is 0 Å². The van der Waals surface area contributed by atoms with Crippen LogP contribution in [0.2, 0.25) is 23.3 Å². The summed E-state index contributed by atoms with van der Waals surface area (Å²) in [7, 11) is 0. The number of fused-ring (bicyclic) bond motifs is 21. The molecule has 8 heteroatoms. The molecule has 0 saturated carbocycles. The first-order valence-electron chi connectivity index (χ1n) is 55.4. The summed E-state index contributed by atoms with van der Waals surface area (Å²) < 4.78 is 2.43. The lowest BCUT2D eigenvalue weighted by Gasteiger charge is -2.59. The van der Waals surface area contributed by atoms with Gasteiger partial charge in [0.25, 0.3) is 0 Å². The second kappa shape index (κ2) is 48.5. The van der Waals surface area contributed by atoms with Gasteiger partial charge < -0.3 is 19.3 Å². The lowest BCUT2D eigenvalue weighted by Crippen LogP contribution is -2.67. The van der Waals surface area contributed by atoms with Crippen molar-refractivity contribution >= 4 is 144 Å². The molecule has 9 atom stereocenters. The van der Waals surface area contributed by atoms with Gasteiger partial charge in [-0.1, -0.05) is 550 Å². The van der Waals surface area contributed by atoms with E-state index in [-0.39, 0.29) is 84.6 Å². The van der Waals surface area contributed by atoms with Crippen molar-refractivity contribution in [2.45, 2.75) is 158 Å². The number of benzene rings is 16.